The molecular weight excluding hydrogens is 648 g/mol. The molecule has 0 saturated carbocycles. The highest BCUT2D eigenvalue weighted by Crippen LogP contribution is 2.38. The van der Waals surface area contributed by atoms with E-state index in [-0.39, 0.29) is 11.3 Å². The van der Waals surface area contributed by atoms with Crippen LogP contribution in [-0.2, 0) is 22.8 Å². The van der Waals surface area contributed by atoms with Gasteiger partial charge in [0.1, 0.15) is 24.5 Å². The zero-order valence-electron chi connectivity index (χ0n) is 24.1. The van der Waals surface area contributed by atoms with Gasteiger partial charge in [-0.2, -0.15) is 0 Å². The molecule has 1 aliphatic heterocycles. The maximum Gasteiger partial charge on any atom is 0.335 e. The average molecular weight is 676 g/mol. The number of rotatable bonds is 9. The lowest BCUT2D eigenvalue weighted by Gasteiger charge is -2.26. The monoisotopic (exact) mass is 674 g/mol. The van der Waals surface area contributed by atoms with Gasteiger partial charge in [0.2, 0.25) is 0 Å². The van der Waals surface area contributed by atoms with Gasteiger partial charge in [-0.15, -0.1) is 0 Å². The Morgan fingerprint density at radius 3 is 2.20 bits per heavy atom. The molecule has 1 heterocycles. The van der Waals surface area contributed by atoms with E-state index in [0.717, 1.165) is 16.0 Å². The SMILES string of the molecule is COc1cc(/C=C2\C(=O)NC(=O)N(c3ccc(OCc4ccc(Cl)cc4)cc3)C2=O)cc(Br)c1OCc1ccc(C)c(C)c1. The molecule has 1 saturated heterocycles. The lowest BCUT2D eigenvalue weighted by Crippen LogP contribution is -2.54. The fourth-order valence-electron chi connectivity index (χ4n) is 4.51. The standard InChI is InChI=1S/C34H28BrClN2O6/c1-20-4-5-23(14-21(20)2)19-44-31-29(35)16-24(17-30(31)42-3)15-28-32(39)37-34(41)38(33(28)40)26-10-12-27(13-11-26)43-18-22-6-8-25(36)9-7-22/h4-17H,18-19H2,1-3H3,(H,37,39,41)/b28-15+. The number of carbonyl (C=O) groups excluding carboxylic acids is 3. The van der Waals surface area contributed by atoms with Crippen molar-refractivity contribution in [2.45, 2.75) is 27.1 Å². The Balaban J connectivity index is 1.33. The second-order valence-corrected chi connectivity index (χ2v) is 11.4. The highest BCUT2D eigenvalue weighted by Gasteiger charge is 2.37. The first-order chi connectivity index (χ1) is 21.1. The van der Waals surface area contributed by atoms with Gasteiger partial charge in [-0.05, 0) is 112 Å². The molecule has 4 aromatic rings. The van der Waals surface area contributed by atoms with Crippen molar-refractivity contribution in [3.63, 3.8) is 0 Å². The van der Waals surface area contributed by atoms with Gasteiger partial charge in [0.25, 0.3) is 11.8 Å². The molecule has 0 unspecified atom stereocenters. The van der Waals surface area contributed by atoms with E-state index >= 15 is 0 Å². The summed E-state index contributed by atoms with van der Waals surface area (Å²) in [4.78, 5) is 39.9. The second-order valence-electron chi connectivity index (χ2n) is 10.1. The Labute approximate surface area is 268 Å². The third-order valence-electron chi connectivity index (χ3n) is 7.03. The molecule has 1 fully saturated rings. The van der Waals surface area contributed by atoms with E-state index in [4.69, 9.17) is 25.8 Å². The zero-order valence-corrected chi connectivity index (χ0v) is 26.5. The maximum absolute atomic E-state index is 13.5. The number of carbonyl (C=O) groups is 3. The van der Waals surface area contributed by atoms with Crippen molar-refractivity contribution in [1.82, 2.24) is 5.32 Å². The van der Waals surface area contributed by atoms with Gasteiger partial charge >= 0.3 is 6.03 Å². The fraction of sp³-hybridized carbons (Fsp3) is 0.147. The van der Waals surface area contributed by atoms with Crippen LogP contribution in [-0.4, -0.2) is 25.0 Å². The summed E-state index contributed by atoms with van der Waals surface area (Å²) in [5, 5.41) is 2.88. The van der Waals surface area contributed by atoms with Crippen molar-refractivity contribution < 1.29 is 28.6 Å². The van der Waals surface area contributed by atoms with Crippen LogP contribution in [0.25, 0.3) is 6.08 Å². The molecule has 0 radical (unpaired) electrons. The summed E-state index contributed by atoms with van der Waals surface area (Å²) in [6, 6.07) is 22.3. The molecule has 4 aromatic carbocycles. The summed E-state index contributed by atoms with van der Waals surface area (Å²) in [6.45, 7) is 4.73. The van der Waals surface area contributed by atoms with E-state index in [9.17, 15) is 14.4 Å². The number of ether oxygens (including phenoxy) is 3. The van der Waals surface area contributed by atoms with E-state index in [1.807, 2.05) is 31.2 Å². The smallest absolute Gasteiger partial charge is 0.335 e. The number of imide groups is 2. The number of nitrogens with one attached hydrogen (secondary N) is 1. The Morgan fingerprint density at radius 2 is 1.52 bits per heavy atom. The minimum Gasteiger partial charge on any atom is -0.493 e. The van der Waals surface area contributed by atoms with Gasteiger partial charge in [-0.1, -0.05) is 41.9 Å². The van der Waals surface area contributed by atoms with Crippen molar-refractivity contribution in [3.8, 4) is 17.2 Å². The summed E-state index contributed by atoms with van der Waals surface area (Å²) < 4.78 is 18.0. The van der Waals surface area contributed by atoms with Gasteiger partial charge in [0, 0.05) is 5.02 Å². The van der Waals surface area contributed by atoms with Crippen molar-refractivity contribution in [1.29, 1.82) is 0 Å². The van der Waals surface area contributed by atoms with E-state index in [1.54, 1.807) is 48.5 Å². The van der Waals surface area contributed by atoms with E-state index < -0.39 is 17.8 Å². The number of urea groups is 1. The highest BCUT2D eigenvalue weighted by molar-refractivity contribution is 9.10. The third kappa shape index (κ3) is 6.96. The number of methoxy groups -OCH3 is 1. The first-order valence-corrected chi connectivity index (χ1v) is 14.8. The van der Waals surface area contributed by atoms with Gasteiger partial charge < -0.3 is 14.2 Å². The highest BCUT2D eigenvalue weighted by atomic mass is 79.9. The molecule has 0 bridgehead atoms. The molecule has 1 N–H and O–H groups in total. The van der Waals surface area contributed by atoms with Crippen LogP contribution in [0.4, 0.5) is 10.5 Å². The molecule has 8 nitrogen and oxygen atoms in total. The van der Waals surface area contributed by atoms with E-state index in [2.05, 4.69) is 34.2 Å². The summed E-state index contributed by atoms with van der Waals surface area (Å²) in [6.07, 6.45) is 1.40. The molecule has 1 aliphatic rings. The summed E-state index contributed by atoms with van der Waals surface area (Å²) in [5.41, 5.74) is 4.85. The van der Waals surface area contributed by atoms with Gasteiger partial charge in [-0.25, -0.2) is 9.69 Å². The van der Waals surface area contributed by atoms with E-state index in [0.29, 0.717) is 45.5 Å². The number of barbiturate groups is 1. The van der Waals surface area contributed by atoms with Crippen LogP contribution in [0.2, 0.25) is 5.02 Å². The lowest BCUT2D eigenvalue weighted by molar-refractivity contribution is -0.122. The molecule has 44 heavy (non-hydrogen) atoms. The minimum absolute atomic E-state index is 0.217. The van der Waals surface area contributed by atoms with Gasteiger partial charge in [-0.3, -0.25) is 14.9 Å². The molecule has 10 heteroatoms. The quantitative estimate of drug-likeness (QED) is 0.145. The van der Waals surface area contributed by atoms with Gasteiger partial charge in [0.15, 0.2) is 11.5 Å². The van der Waals surface area contributed by atoms with Crippen LogP contribution in [0, 0.1) is 13.8 Å². The summed E-state index contributed by atoms with van der Waals surface area (Å²) >= 11 is 9.46. The largest absolute Gasteiger partial charge is 0.493 e. The van der Waals surface area contributed by atoms with Crippen molar-refractivity contribution in [3.05, 3.63) is 122 Å². The number of hydrogen-bond donors (Lipinski definition) is 1. The Bertz CT molecular complexity index is 1770. The Hall–Kier alpha value is -4.60. The van der Waals surface area contributed by atoms with Crippen molar-refractivity contribution in [2.24, 2.45) is 0 Å². The Kier molecular flexibility index (Phi) is 9.37. The number of nitrogens with zero attached hydrogens (tertiary/aromatic N) is 1. The Morgan fingerprint density at radius 1 is 0.841 bits per heavy atom. The number of hydrogen-bond acceptors (Lipinski definition) is 6. The van der Waals surface area contributed by atoms with Crippen LogP contribution in [0.3, 0.4) is 0 Å². The molecule has 0 spiro atoms. The molecular formula is C34H28BrClN2O6. The predicted octanol–water partition coefficient (Wildman–Crippen LogP) is 7.55. The summed E-state index contributed by atoms with van der Waals surface area (Å²) in [7, 11) is 1.50. The second kappa shape index (κ2) is 13.4. The average Bonchev–Trinajstić information content (AvgIpc) is 3.00. The third-order valence-corrected chi connectivity index (χ3v) is 7.87. The number of amides is 4. The number of halogens is 2. The van der Waals surface area contributed by atoms with Gasteiger partial charge in [0.05, 0.1) is 17.3 Å². The number of benzene rings is 4. The van der Waals surface area contributed by atoms with Crippen LogP contribution in [0.15, 0.2) is 88.9 Å². The lowest BCUT2D eigenvalue weighted by atomic mass is 10.1. The molecule has 4 amide bonds. The van der Waals surface area contributed by atoms with Crippen LogP contribution in [0.1, 0.15) is 27.8 Å². The van der Waals surface area contributed by atoms with Crippen molar-refractivity contribution >= 4 is 57.1 Å². The molecule has 0 aliphatic carbocycles. The molecule has 0 atom stereocenters. The molecule has 224 valence electrons. The number of aryl methyl sites for hydroxylation is 2. The predicted molar refractivity (Wildman–Crippen MR) is 172 cm³/mol. The first kappa shape index (κ1) is 30.8. The first-order valence-electron chi connectivity index (χ1n) is 13.6. The number of anilines is 1. The zero-order chi connectivity index (χ0) is 31.4. The molecule has 5 rings (SSSR count). The van der Waals surface area contributed by atoms with Crippen LogP contribution < -0.4 is 24.4 Å². The topological polar surface area (TPSA) is 94.2 Å². The maximum atomic E-state index is 13.5. The van der Waals surface area contributed by atoms with Crippen LogP contribution >= 0.6 is 27.5 Å². The van der Waals surface area contributed by atoms with E-state index in [1.165, 1.54) is 24.3 Å². The fourth-order valence-corrected chi connectivity index (χ4v) is 5.21. The molecule has 0 aromatic heterocycles. The minimum atomic E-state index is -0.846. The van der Waals surface area contributed by atoms with Crippen molar-refractivity contribution in [2.75, 3.05) is 12.0 Å². The van der Waals surface area contributed by atoms with Crippen LogP contribution in [0.5, 0.6) is 17.2 Å². The normalized spacial score (nSPS) is 14.1. The summed E-state index contributed by atoms with van der Waals surface area (Å²) in [5.74, 6) is -0.149.